The SMILES string of the molecule is NCCNC(=O)C1CCCN(CCn2ccnc2)C1. The lowest BCUT2D eigenvalue weighted by Crippen LogP contribution is -2.44. The second-order valence-corrected chi connectivity index (χ2v) is 5.02. The van der Waals surface area contributed by atoms with E-state index in [0.29, 0.717) is 13.1 Å². The third-order valence-electron chi connectivity index (χ3n) is 3.55. The summed E-state index contributed by atoms with van der Waals surface area (Å²) >= 11 is 0. The van der Waals surface area contributed by atoms with E-state index in [1.807, 2.05) is 12.5 Å². The van der Waals surface area contributed by atoms with Gasteiger partial charge in [-0.2, -0.15) is 0 Å². The zero-order valence-electron chi connectivity index (χ0n) is 11.3. The number of nitrogens with two attached hydrogens (primary N) is 1. The Bertz CT molecular complexity index is 378. The average Bonchev–Trinajstić information content (AvgIpc) is 2.96. The Morgan fingerprint density at radius 3 is 3.11 bits per heavy atom. The van der Waals surface area contributed by atoms with Crippen LogP contribution in [0.25, 0.3) is 0 Å². The highest BCUT2D eigenvalue weighted by Crippen LogP contribution is 2.16. The molecule has 106 valence electrons. The van der Waals surface area contributed by atoms with Gasteiger partial charge in [-0.1, -0.05) is 0 Å². The Morgan fingerprint density at radius 2 is 2.37 bits per heavy atom. The highest BCUT2D eigenvalue weighted by molar-refractivity contribution is 5.78. The van der Waals surface area contributed by atoms with Crippen LogP contribution in [0.5, 0.6) is 0 Å². The van der Waals surface area contributed by atoms with Crippen LogP contribution in [0, 0.1) is 5.92 Å². The summed E-state index contributed by atoms with van der Waals surface area (Å²) in [4.78, 5) is 18.3. The number of carbonyl (C=O) groups excluding carboxylic acids is 1. The molecule has 0 bridgehead atoms. The summed E-state index contributed by atoms with van der Waals surface area (Å²) in [6.45, 7) is 4.90. The van der Waals surface area contributed by atoms with Crippen molar-refractivity contribution < 1.29 is 4.79 Å². The Kier molecular flexibility index (Phi) is 5.35. The van der Waals surface area contributed by atoms with Crippen LogP contribution in [-0.4, -0.2) is 53.1 Å². The number of rotatable bonds is 6. The molecule has 6 nitrogen and oxygen atoms in total. The lowest BCUT2D eigenvalue weighted by molar-refractivity contribution is -0.126. The van der Waals surface area contributed by atoms with Gasteiger partial charge in [0.2, 0.25) is 5.91 Å². The molecule has 1 aliphatic rings. The zero-order valence-corrected chi connectivity index (χ0v) is 11.3. The quantitative estimate of drug-likeness (QED) is 0.738. The number of hydrogen-bond acceptors (Lipinski definition) is 4. The Labute approximate surface area is 114 Å². The molecule has 0 saturated carbocycles. The zero-order chi connectivity index (χ0) is 13.5. The fraction of sp³-hybridized carbons (Fsp3) is 0.692. The minimum atomic E-state index is 0.114. The molecular weight excluding hydrogens is 242 g/mol. The lowest BCUT2D eigenvalue weighted by atomic mass is 9.97. The molecule has 0 radical (unpaired) electrons. The molecule has 1 saturated heterocycles. The normalized spacial score (nSPS) is 20.4. The van der Waals surface area contributed by atoms with E-state index in [-0.39, 0.29) is 11.8 Å². The third kappa shape index (κ3) is 4.33. The standard InChI is InChI=1S/C13H23N5O/c14-3-4-16-13(19)12-2-1-6-17(10-12)8-9-18-7-5-15-11-18/h5,7,11-12H,1-4,6,8-10,14H2,(H,16,19). The summed E-state index contributed by atoms with van der Waals surface area (Å²) < 4.78 is 2.07. The summed E-state index contributed by atoms with van der Waals surface area (Å²) in [5.41, 5.74) is 5.40. The molecule has 1 atom stereocenters. The molecule has 0 aliphatic carbocycles. The van der Waals surface area contributed by atoms with E-state index in [1.165, 1.54) is 0 Å². The molecule has 1 aromatic rings. The number of piperidine rings is 1. The molecule has 1 fully saturated rings. The van der Waals surface area contributed by atoms with Crippen LogP contribution in [0.4, 0.5) is 0 Å². The lowest BCUT2D eigenvalue weighted by Gasteiger charge is -2.32. The highest BCUT2D eigenvalue weighted by Gasteiger charge is 2.25. The van der Waals surface area contributed by atoms with Crippen molar-refractivity contribution >= 4 is 5.91 Å². The molecule has 2 heterocycles. The first kappa shape index (κ1) is 14.0. The van der Waals surface area contributed by atoms with Gasteiger partial charge in [0.25, 0.3) is 0 Å². The van der Waals surface area contributed by atoms with Crippen molar-refractivity contribution in [3.63, 3.8) is 0 Å². The van der Waals surface area contributed by atoms with Crippen LogP contribution in [0.15, 0.2) is 18.7 Å². The largest absolute Gasteiger partial charge is 0.355 e. The first-order valence-electron chi connectivity index (χ1n) is 6.95. The second-order valence-electron chi connectivity index (χ2n) is 5.02. The minimum absolute atomic E-state index is 0.114. The van der Waals surface area contributed by atoms with Gasteiger partial charge >= 0.3 is 0 Å². The van der Waals surface area contributed by atoms with Gasteiger partial charge < -0.3 is 20.5 Å². The first-order valence-corrected chi connectivity index (χ1v) is 6.95. The Hall–Kier alpha value is -1.40. The molecule has 1 aliphatic heterocycles. The molecule has 1 aromatic heterocycles. The number of hydrogen-bond donors (Lipinski definition) is 2. The van der Waals surface area contributed by atoms with Gasteiger partial charge in [0.05, 0.1) is 12.2 Å². The average molecular weight is 265 g/mol. The van der Waals surface area contributed by atoms with E-state index in [9.17, 15) is 4.79 Å². The van der Waals surface area contributed by atoms with Crippen LogP contribution in [0.3, 0.4) is 0 Å². The molecule has 3 N–H and O–H groups in total. The maximum Gasteiger partial charge on any atom is 0.224 e. The first-order chi connectivity index (χ1) is 9.29. The van der Waals surface area contributed by atoms with Crippen molar-refractivity contribution in [2.75, 3.05) is 32.7 Å². The van der Waals surface area contributed by atoms with Crippen molar-refractivity contribution in [2.24, 2.45) is 11.7 Å². The monoisotopic (exact) mass is 265 g/mol. The van der Waals surface area contributed by atoms with E-state index in [2.05, 4.69) is 19.8 Å². The molecule has 1 amide bonds. The predicted molar refractivity (Wildman–Crippen MR) is 73.5 cm³/mol. The van der Waals surface area contributed by atoms with Gasteiger partial charge in [-0.05, 0) is 19.4 Å². The minimum Gasteiger partial charge on any atom is -0.355 e. The fourth-order valence-electron chi connectivity index (χ4n) is 2.49. The van der Waals surface area contributed by atoms with Gasteiger partial charge in [-0.15, -0.1) is 0 Å². The van der Waals surface area contributed by atoms with Crippen LogP contribution < -0.4 is 11.1 Å². The highest BCUT2D eigenvalue weighted by atomic mass is 16.1. The number of aromatic nitrogens is 2. The van der Waals surface area contributed by atoms with Crippen LogP contribution in [0.1, 0.15) is 12.8 Å². The summed E-state index contributed by atoms with van der Waals surface area (Å²) in [5, 5.41) is 2.89. The van der Waals surface area contributed by atoms with E-state index < -0.39 is 0 Å². The van der Waals surface area contributed by atoms with Crippen molar-refractivity contribution in [1.29, 1.82) is 0 Å². The van der Waals surface area contributed by atoms with E-state index in [0.717, 1.165) is 39.0 Å². The number of nitrogens with zero attached hydrogens (tertiary/aromatic N) is 3. The smallest absolute Gasteiger partial charge is 0.224 e. The third-order valence-corrected chi connectivity index (χ3v) is 3.55. The Balaban J connectivity index is 1.75. The number of likely N-dealkylation sites (tertiary alicyclic amines) is 1. The van der Waals surface area contributed by atoms with E-state index in [4.69, 9.17) is 5.73 Å². The Morgan fingerprint density at radius 1 is 1.47 bits per heavy atom. The van der Waals surface area contributed by atoms with Gasteiger partial charge in [-0.25, -0.2) is 4.98 Å². The van der Waals surface area contributed by atoms with Gasteiger partial charge in [0, 0.05) is 45.1 Å². The topological polar surface area (TPSA) is 76.2 Å². The number of carbonyl (C=O) groups is 1. The molecule has 0 aromatic carbocycles. The van der Waals surface area contributed by atoms with Crippen molar-refractivity contribution in [3.8, 4) is 0 Å². The van der Waals surface area contributed by atoms with Gasteiger partial charge in [-0.3, -0.25) is 4.79 Å². The fourth-order valence-corrected chi connectivity index (χ4v) is 2.49. The predicted octanol–water partition coefficient (Wildman–Crippen LogP) is -0.330. The van der Waals surface area contributed by atoms with Crippen molar-refractivity contribution in [3.05, 3.63) is 18.7 Å². The van der Waals surface area contributed by atoms with Crippen molar-refractivity contribution in [2.45, 2.75) is 19.4 Å². The summed E-state index contributed by atoms with van der Waals surface area (Å²) in [5.74, 6) is 0.265. The molecular formula is C13H23N5O. The van der Waals surface area contributed by atoms with Gasteiger partial charge in [0.15, 0.2) is 0 Å². The maximum absolute atomic E-state index is 11.9. The number of nitrogens with one attached hydrogen (secondary N) is 1. The van der Waals surface area contributed by atoms with Crippen LogP contribution in [-0.2, 0) is 11.3 Å². The second kappa shape index (κ2) is 7.25. The maximum atomic E-state index is 11.9. The molecule has 0 spiro atoms. The molecule has 19 heavy (non-hydrogen) atoms. The molecule has 6 heteroatoms. The number of amides is 1. The van der Waals surface area contributed by atoms with Gasteiger partial charge in [0.1, 0.15) is 0 Å². The molecule has 2 rings (SSSR count). The summed E-state index contributed by atoms with van der Waals surface area (Å²) in [6.07, 6.45) is 7.66. The number of imidazole rings is 1. The van der Waals surface area contributed by atoms with Crippen molar-refractivity contribution in [1.82, 2.24) is 19.8 Å². The van der Waals surface area contributed by atoms with Crippen LogP contribution in [0.2, 0.25) is 0 Å². The van der Waals surface area contributed by atoms with E-state index >= 15 is 0 Å². The van der Waals surface area contributed by atoms with E-state index in [1.54, 1.807) is 6.20 Å². The summed E-state index contributed by atoms with van der Waals surface area (Å²) in [6, 6.07) is 0. The van der Waals surface area contributed by atoms with Crippen LogP contribution >= 0.6 is 0 Å². The summed E-state index contributed by atoms with van der Waals surface area (Å²) in [7, 11) is 0. The molecule has 1 unspecified atom stereocenters.